The SMILES string of the molecule is COc1c2c(cc3c1OCO3)[C@@H](c1ccc3c(c1)OCO3)C1C(=O)OCC1C2. The number of methoxy groups -OCH3 is 1. The predicted octanol–water partition coefficient (Wildman–Crippen LogP) is 2.63. The topological polar surface area (TPSA) is 72.5 Å². The van der Waals surface area contributed by atoms with Gasteiger partial charge in [0.05, 0.1) is 19.6 Å². The van der Waals surface area contributed by atoms with E-state index in [1.165, 1.54) is 0 Å². The van der Waals surface area contributed by atoms with Gasteiger partial charge >= 0.3 is 5.97 Å². The molecule has 2 unspecified atom stereocenters. The molecule has 0 N–H and O–H groups in total. The van der Waals surface area contributed by atoms with E-state index in [4.69, 9.17) is 28.4 Å². The maximum Gasteiger partial charge on any atom is 0.310 e. The van der Waals surface area contributed by atoms with E-state index < -0.39 is 0 Å². The van der Waals surface area contributed by atoms with Gasteiger partial charge in [-0.3, -0.25) is 4.79 Å². The Bertz CT molecular complexity index is 999. The number of carbonyl (C=O) groups is 1. The van der Waals surface area contributed by atoms with Crippen molar-refractivity contribution in [1.82, 2.24) is 0 Å². The van der Waals surface area contributed by atoms with Crippen LogP contribution in [0.5, 0.6) is 28.7 Å². The highest BCUT2D eigenvalue weighted by Gasteiger charge is 2.49. The number of esters is 1. The van der Waals surface area contributed by atoms with Crippen LogP contribution in [0.15, 0.2) is 24.3 Å². The molecular weight excluding hydrogens is 364 g/mol. The number of carbonyl (C=O) groups excluding carboxylic acids is 1. The van der Waals surface area contributed by atoms with E-state index in [-0.39, 0.29) is 37.3 Å². The summed E-state index contributed by atoms with van der Waals surface area (Å²) in [6, 6.07) is 7.83. The summed E-state index contributed by atoms with van der Waals surface area (Å²) >= 11 is 0. The second-order valence-electron chi connectivity index (χ2n) is 7.42. The summed E-state index contributed by atoms with van der Waals surface area (Å²) in [7, 11) is 1.63. The third-order valence-corrected chi connectivity index (χ3v) is 6.10. The van der Waals surface area contributed by atoms with Crippen LogP contribution in [0.25, 0.3) is 0 Å². The summed E-state index contributed by atoms with van der Waals surface area (Å²) in [5, 5.41) is 0. The second-order valence-corrected chi connectivity index (χ2v) is 7.42. The van der Waals surface area contributed by atoms with E-state index in [0.29, 0.717) is 41.8 Å². The Labute approximate surface area is 161 Å². The Kier molecular flexibility index (Phi) is 3.24. The minimum absolute atomic E-state index is 0.0877. The fourth-order valence-electron chi connectivity index (χ4n) is 4.90. The third-order valence-electron chi connectivity index (χ3n) is 6.10. The lowest BCUT2D eigenvalue weighted by atomic mass is 9.67. The molecule has 2 aromatic carbocycles. The normalized spacial score (nSPS) is 25.9. The van der Waals surface area contributed by atoms with Crippen LogP contribution in [0, 0.1) is 11.8 Å². The van der Waals surface area contributed by atoms with Gasteiger partial charge < -0.3 is 28.4 Å². The third kappa shape index (κ3) is 2.07. The van der Waals surface area contributed by atoms with Gasteiger partial charge in [0.15, 0.2) is 23.0 Å². The summed E-state index contributed by atoms with van der Waals surface area (Å²) in [5.41, 5.74) is 3.05. The molecule has 0 radical (unpaired) electrons. The van der Waals surface area contributed by atoms with Gasteiger partial charge in [-0.1, -0.05) is 6.07 Å². The largest absolute Gasteiger partial charge is 0.492 e. The van der Waals surface area contributed by atoms with Crippen molar-refractivity contribution in [2.45, 2.75) is 12.3 Å². The van der Waals surface area contributed by atoms with Crippen molar-refractivity contribution in [1.29, 1.82) is 0 Å². The molecule has 1 aliphatic carbocycles. The highest BCUT2D eigenvalue weighted by molar-refractivity contribution is 5.79. The molecule has 144 valence electrons. The zero-order valence-corrected chi connectivity index (χ0v) is 15.2. The first-order valence-corrected chi connectivity index (χ1v) is 9.30. The second kappa shape index (κ2) is 5.70. The molecule has 0 amide bonds. The van der Waals surface area contributed by atoms with Crippen LogP contribution in [0.1, 0.15) is 22.6 Å². The van der Waals surface area contributed by atoms with Gasteiger partial charge in [0.25, 0.3) is 0 Å². The number of hydrogen-bond acceptors (Lipinski definition) is 7. The zero-order valence-electron chi connectivity index (χ0n) is 15.2. The lowest BCUT2D eigenvalue weighted by molar-refractivity contribution is -0.141. The van der Waals surface area contributed by atoms with Crippen LogP contribution in [-0.2, 0) is 16.0 Å². The predicted molar refractivity (Wildman–Crippen MR) is 95.2 cm³/mol. The van der Waals surface area contributed by atoms with Crippen molar-refractivity contribution in [3.8, 4) is 28.7 Å². The smallest absolute Gasteiger partial charge is 0.310 e. The molecule has 0 bridgehead atoms. The fourth-order valence-corrected chi connectivity index (χ4v) is 4.90. The molecule has 1 fully saturated rings. The molecule has 7 heteroatoms. The maximum absolute atomic E-state index is 12.7. The molecule has 2 aromatic rings. The van der Waals surface area contributed by atoms with E-state index in [0.717, 1.165) is 16.7 Å². The Morgan fingerprint density at radius 3 is 2.68 bits per heavy atom. The Morgan fingerprint density at radius 2 is 1.79 bits per heavy atom. The molecule has 7 nitrogen and oxygen atoms in total. The van der Waals surface area contributed by atoms with Gasteiger partial charge in [0.1, 0.15) is 0 Å². The van der Waals surface area contributed by atoms with E-state index in [1.807, 2.05) is 24.3 Å². The molecule has 3 aliphatic heterocycles. The van der Waals surface area contributed by atoms with Crippen LogP contribution in [0.3, 0.4) is 0 Å². The van der Waals surface area contributed by atoms with Crippen molar-refractivity contribution in [3.05, 3.63) is 41.0 Å². The van der Waals surface area contributed by atoms with Crippen molar-refractivity contribution in [2.24, 2.45) is 11.8 Å². The number of ether oxygens (including phenoxy) is 6. The average Bonchev–Trinajstić information content (AvgIpc) is 3.44. The van der Waals surface area contributed by atoms with Gasteiger partial charge in [-0.15, -0.1) is 0 Å². The molecule has 0 saturated carbocycles. The van der Waals surface area contributed by atoms with E-state index in [9.17, 15) is 4.79 Å². The molecule has 3 heterocycles. The first-order chi connectivity index (χ1) is 13.7. The van der Waals surface area contributed by atoms with Crippen LogP contribution >= 0.6 is 0 Å². The summed E-state index contributed by atoms with van der Waals surface area (Å²) < 4.78 is 33.5. The lowest BCUT2D eigenvalue weighted by Gasteiger charge is -2.34. The first-order valence-electron chi connectivity index (χ1n) is 9.30. The minimum Gasteiger partial charge on any atom is -0.492 e. The number of rotatable bonds is 2. The molecule has 6 rings (SSSR count). The summed E-state index contributed by atoms with van der Waals surface area (Å²) in [6.45, 7) is 0.792. The van der Waals surface area contributed by atoms with Gasteiger partial charge in [0.2, 0.25) is 19.3 Å². The monoisotopic (exact) mass is 382 g/mol. The van der Waals surface area contributed by atoms with Gasteiger partial charge in [-0.25, -0.2) is 0 Å². The molecule has 0 spiro atoms. The van der Waals surface area contributed by atoms with E-state index in [1.54, 1.807) is 7.11 Å². The molecule has 0 aromatic heterocycles. The van der Waals surface area contributed by atoms with Gasteiger partial charge in [-0.2, -0.15) is 0 Å². The fraction of sp³-hybridized carbons (Fsp3) is 0.381. The summed E-state index contributed by atoms with van der Waals surface area (Å²) in [5.74, 6) is 2.88. The maximum atomic E-state index is 12.7. The van der Waals surface area contributed by atoms with Crippen LogP contribution in [0.2, 0.25) is 0 Å². The number of fused-ring (bicyclic) bond motifs is 4. The summed E-state index contributed by atoms with van der Waals surface area (Å²) in [6.07, 6.45) is 0.701. The Morgan fingerprint density at radius 1 is 0.964 bits per heavy atom. The summed E-state index contributed by atoms with van der Waals surface area (Å²) in [4.78, 5) is 12.7. The van der Waals surface area contributed by atoms with Crippen molar-refractivity contribution < 1.29 is 33.2 Å². The molecule has 1 saturated heterocycles. The molecule has 28 heavy (non-hydrogen) atoms. The average molecular weight is 382 g/mol. The van der Waals surface area contributed by atoms with Gasteiger partial charge in [0, 0.05) is 17.4 Å². The highest BCUT2D eigenvalue weighted by atomic mass is 16.7. The van der Waals surface area contributed by atoms with Crippen molar-refractivity contribution in [3.63, 3.8) is 0 Å². The Hall–Kier alpha value is -3.09. The van der Waals surface area contributed by atoms with E-state index >= 15 is 0 Å². The van der Waals surface area contributed by atoms with E-state index in [2.05, 4.69) is 0 Å². The van der Waals surface area contributed by atoms with Crippen molar-refractivity contribution in [2.75, 3.05) is 27.3 Å². The lowest BCUT2D eigenvalue weighted by Crippen LogP contribution is -2.31. The highest BCUT2D eigenvalue weighted by Crippen LogP contribution is 2.55. The molecular formula is C21H18O7. The quantitative estimate of drug-likeness (QED) is 0.740. The minimum atomic E-state index is -0.252. The van der Waals surface area contributed by atoms with Crippen LogP contribution in [0.4, 0.5) is 0 Å². The number of cyclic esters (lactones) is 1. The standard InChI is InChI=1S/C21H18O7/c1-23-19-13-4-11-7-24-21(22)18(11)17(12(13)6-16-20(19)28-9-27-16)10-2-3-14-15(5-10)26-8-25-14/h2-3,5-6,11,17-18H,4,7-9H2,1H3/t11?,17-,18?/m1/s1. The first kappa shape index (κ1) is 15.9. The van der Waals surface area contributed by atoms with Crippen molar-refractivity contribution >= 4 is 5.97 Å². The number of benzene rings is 2. The number of hydrogen-bond donors (Lipinski definition) is 0. The zero-order chi connectivity index (χ0) is 18.8. The van der Waals surface area contributed by atoms with Crippen LogP contribution < -0.4 is 23.7 Å². The van der Waals surface area contributed by atoms with Gasteiger partial charge in [-0.05, 0) is 35.7 Å². The van der Waals surface area contributed by atoms with Crippen LogP contribution in [-0.4, -0.2) is 33.3 Å². The Balaban J connectivity index is 1.58. The molecule has 4 aliphatic rings. The molecule has 3 atom stereocenters.